The van der Waals surface area contributed by atoms with Gasteiger partial charge in [-0.25, -0.2) is 0 Å². The van der Waals surface area contributed by atoms with Crippen LogP contribution < -0.4 is 5.32 Å². The van der Waals surface area contributed by atoms with Crippen LogP contribution in [0.5, 0.6) is 0 Å². The maximum absolute atomic E-state index is 12.2. The highest BCUT2D eigenvalue weighted by Crippen LogP contribution is 2.18. The second-order valence-electron chi connectivity index (χ2n) is 6.29. The minimum Gasteiger partial charge on any atom is -0.469 e. The van der Waals surface area contributed by atoms with Crippen molar-refractivity contribution in [3.63, 3.8) is 0 Å². The molecule has 1 fully saturated rings. The van der Waals surface area contributed by atoms with Crippen LogP contribution in [0.3, 0.4) is 0 Å². The van der Waals surface area contributed by atoms with Crippen LogP contribution in [0.2, 0.25) is 0 Å². The van der Waals surface area contributed by atoms with Crippen molar-refractivity contribution in [2.24, 2.45) is 10.9 Å². The number of piperidine rings is 1. The molecule has 0 radical (unpaired) electrons. The largest absolute Gasteiger partial charge is 0.469 e. The molecule has 1 heterocycles. The van der Waals surface area contributed by atoms with E-state index in [1.165, 1.54) is 7.11 Å². The van der Waals surface area contributed by atoms with Crippen molar-refractivity contribution in [1.82, 2.24) is 10.2 Å². The molecule has 152 valence electrons. The second kappa shape index (κ2) is 13.1. The number of likely N-dealkylation sites (tertiary alicyclic amines) is 1. The van der Waals surface area contributed by atoms with E-state index in [0.29, 0.717) is 18.1 Å². The summed E-state index contributed by atoms with van der Waals surface area (Å²) in [5.74, 6) is 1.81. The number of carbonyl (C=O) groups is 1. The van der Waals surface area contributed by atoms with Crippen molar-refractivity contribution < 1.29 is 13.7 Å². The van der Waals surface area contributed by atoms with Crippen LogP contribution in [0.15, 0.2) is 35.3 Å². The second-order valence-corrected chi connectivity index (χ2v) is 7.87. The number of ether oxygens (including phenoxy) is 1. The van der Waals surface area contributed by atoms with Crippen molar-refractivity contribution in [2.45, 2.75) is 25.5 Å². The molecule has 1 N–H and O–H groups in total. The van der Waals surface area contributed by atoms with Crippen LogP contribution in [0, 0.1) is 5.92 Å². The highest BCUT2D eigenvalue weighted by molar-refractivity contribution is 14.0. The fraction of sp³-hybridized carbons (Fsp3) is 0.579. The first-order chi connectivity index (χ1) is 12.6. The molecule has 0 aromatic heterocycles. The van der Waals surface area contributed by atoms with Gasteiger partial charge in [-0.3, -0.25) is 14.0 Å². The maximum atomic E-state index is 12.2. The smallest absolute Gasteiger partial charge is 0.308 e. The number of halogens is 1. The summed E-state index contributed by atoms with van der Waals surface area (Å²) < 4.78 is 17.1. The Labute approximate surface area is 181 Å². The van der Waals surface area contributed by atoms with Crippen LogP contribution in [-0.4, -0.2) is 60.1 Å². The topological polar surface area (TPSA) is 71.0 Å². The van der Waals surface area contributed by atoms with Crippen LogP contribution in [0.1, 0.15) is 25.3 Å². The average molecular weight is 507 g/mol. The van der Waals surface area contributed by atoms with E-state index in [9.17, 15) is 9.00 Å². The summed E-state index contributed by atoms with van der Waals surface area (Å²) in [5, 5.41) is 3.29. The van der Waals surface area contributed by atoms with Crippen LogP contribution in [0.4, 0.5) is 0 Å². The lowest BCUT2D eigenvalue weighted by Gasteiger charge is -2.33. The molecule has 8 heteroatoms. The first-order valence-corrected chi connectivity index (χ1v) is 10.6. The molecule has 1 atom stereocenters. The van der Waals surface area contributed by atoms with Crippen LogP contribution >= 0.6 is 24.0 Å². The third kappa shape index (κ3) is 8.16. The van der Waals surface area contributed by atoms with Crippen molar-refractivity contribution in [3.8, 4) is 0 Å². The summed E-state index contributed by atoms with van der Waals surface area (Å²) >= 11 is 0. The normalized spacial score (nSPS) is 16.4. The van der Waals surface area contributed by atoms with Gasteiger partial charge in [0.2, 0.25) is 0 Å². The zero-order valence-electron chi connectivity index (χ0n) is 16.1. The number of carbonyl (C=O) groups excluding carboxylic acids is 1. The van der Waals surface area contributed by atoms with Gasteiger partial charge in [0.1, 0.15) is 0 Å². The lowest BCUT2D eigenvalue weighted by atomic mass is 9.97. The fourth-order valence-electron chi connectivity index (χ4n) is 3.01. The van der Waals surface area contributed by atoms with Gasteiger partial charge < -0.3 is 15.0 Å². The van der Waals surface area contributed by atoms with Gasteiger partial charge in [0.15, 0.2) is 5.96 Å². The molecular weight excluding hydrogens is 477 g/mol. The van der Waals surface area contributed by atoms with Gasteiger partial charge in [-0.2, -0.15) is 0 Å². The maximum Gasteiger partial charge on any atom is 0.308 e. The molecule has 0 saturated carbocycles. The zero-order valence-corrected chi connectivity index (χ0v) is 19.2. The molecule has 27 heavy (non-hydrogen) atoms. The molecule has 0 aliphatic carbocycles. The number of esters is 1. The Morgan fingerprint density at radius 3 is 2.56 bits per heavy atom. The number of aliphatic imine (C=N–C) groups is 1. The standard InChI is InChI=1S/C19H29N3O3S.HI/c1-3-20-19(22-12-9-17(10-13-22)18(23)25-2)21-11-14-26(24)15-16-7-5-4-6-8-16;/h4-8,17H,3,9-15H2,1-2H3,(H,20,21);1H. The highest BCUT2D eigenvalue weighted by atomic mass is 127. The van der Waals surface area contributed by atoms with Gasteiger partial charge in [0.05, 0.1) is 19.6 Å². The number of nitrogens with zero attached hydrogens (tertiary/aromatic N) is 2. The van der Waals surface area contributed by atoms with E-state index < -0.39 is 10.8 Å². The summed E-state index contributed by atoms with van der Waals surface area (Å²) in [7, 11) is 0.516. The Hall–Kier alpha value is -1.16. The Kier molecular flexibility index (Phi) is 11.6. The van der Waals surface area contributed by atoms with Crippen LogP contribution in [0.25, 0.3) is 0 Å². The SMILES string of the molecule is CCNC(=NCCS(=O)Cc1ccccc1)N1CCC(C(=O)OC)CC1.I. The van der Waals surface area contributed by atoms with Gasteiger partial charge in [0, 0.05) is 41.9 Å². The van der Waals surface area contributed by atoms with Crippen LogP contribution in [-0.2, 0) is 26.1 Å². The molecule has 0 amide bonds. The van der Waals surface area contributed by atoms with Gasteiger partial charge in [-0.1, -0.05) is 30.3 Å². The lowest BCUT2D eigenvalue weighted by Crippen LogP contribution is -2.46. The van der Waals surface area contributed by atoms with E-state index in [4.69, 9.17) is 4.74 Å². The van der Waals surface area contributed by atoms with E-state index in [0.717, 1.165) is 44.0 Å². The third-order valence-corrected chi connectivity index (χ3v) is 5.71. The first kappa shape index (κ1) is 23.9. The molecule has 6 nitrogen and oxygen atoms in total. The Morgan fingerprint density at radius 1 is 1.30 bits per heavy atom. The van der Waals surface area contributed by atoms with E-state index in [1.54, 1.807) is 0 Å². The van der Waals surface area contributed by atoms with Crippen molar-refractivity contribution in [2.75, 3.05) is 39.0 Å². The van der Waals surface area contributed by atoms with E-state index in [-0.39, 0.29) is 35.9 Å². The molecule has 0 spiro atoms. The molecule has 1 aliphatic rings. The van der Waals surface area contributed by atoms with Gasteiger partial charge >= 0.3 is 5.97 Å². The number of rotatable bonds is 7. The number of nitrogens with one attached hydrogen (secondary N) is 1. The van der Waals surface area contributed by atoms with Crippen molar-refractivity contribution >= 4 is 46.7 Å². The van der Waals surface area contributed by atoms with Gasteiger partial charge in [0.25, 0.3) is 0 Å². The zero-order chi connectivity index (χ0) is 18.8. The monoisotopic (exact) mass is 507 g/mol. The molecule has 2 rings (SSSR count). The van der Waals surface area contributed by atoms with Gasteiger partial charge in [-0.15, -0.1) is 24.0 Å². The Bertz CT molecular complexity index is 620. The number of guanidine groups is 1. The van der Waals surface area contributed by atoms with E-state index >= 15 is 0 Å². The predicted molar refractivity (Wildman–Crippen MR) is 121 cm³/mol. The number of benzene rings is 1. The Morgan fingerprint density at radius 2 is 1.96 bits per heavy atom. The third-order valence-electron chi connectivity index (χ3n) is 4.41. The average Bonchev–Trinajstić information content (AvgIpc) is 2.67. The van der Waals surface area contributed by atoms with E-state index in [2.05, 4.69) is 15.2 Å². The molecular formula is C19H30IN3O3S. The summed E-state index contributed by atoms with van der Waals surface area (Å²) in [4.78, 5) is 18.4. The molecule has 0 bridgehead atoms. The summed E-state index contributed by atoms with van der Waals surface area (Å²) in [6, 6.07) is 9.88. The fourth-order valence-corrected chi connectivity index (χ4v) is 4.01. The quantitative estimate of drug-likeness (QED) is 0.266. The lowest BCUT2D eigenvalue weighted by molar-refractivity contribution is -0.146. The molecule has 1 saturated heterocycles. The number of hydrogen-bond acceptors (Lipinski definition) is 4. The molecule has 1 unspecified atom stereocenters. The number of methoxy groups -OCH3 is 1. The minimum absolute atomic E-state index is 0. The summed E-state index contributed by atoms with van der Waals surface area (Å²) in [6.45, 7) is 4.89. The van der Waals surface area contributed by atoms with Gasteiger partial charge in [-0.05, 0) is 25.3 Å². The first-order valence-electron chi connectivity index (χ1n) is 9.14. The molecule has 1 aromatic carbocycles. The molecule has 1 aliphatic heterocycles. The summed E-state index contributed by atoms with van der Waals surface area (Å²) in [5.41, 5.74) is 1.09. The van der Waals surface area contributed by atoms with E-state index in [1.807, 2.05) is 37.3 Å². The van der Waals surface area contributed by atoms with Crippen molar-refractivity contribution in [1.29, 1.82) is 0 Å². The molecule has 1 aromatic rings. The van der Waals surface area contributed by atoms with Crippen molar-refractivity contribution in [3.05, 3.63) is 35.9 Å². The number of hydrogen-bond donors (Lipinski definition) is 1. The highest BCUT2D eigenvalue weighted by Gasteiger charge is 2.26. The predicted octanol–water partition coefficient (Wildman–Crippen LogP) is 2.40. The Balaban J connectivity index is 0.00000364. The summed E-state index contributed by atoms with van der Waals surface area (Å²) in [6.07, 6.45) is 1.55. The minimum atomic E-state index is -0.924.